The SMILES string of the molecule is CC(C)(C)[Si]1(C)C[Te]C1. The van der Waals surface area contributed by atoms with E-state index in [0.717, 1.165) is 0 Å². The fourth-order valence-corrected chi connectivity index (χ4v) is 16.9. The van der Waals surface area contributed by atoms with Crippen LogP contribution >= 0.6 is 0 Å². The monoisotopic (exact) mass is 258 g/mol. The second kappa shape index (κ2) is 2.25. The van der Waals surface area contributed by atoms with Crippen molar-refractivity contribution in [2.24, 2.45) is 0 Å². The predicted molar refractivity (Wildman–Crippen MR) is 46.7 cm³/mol. The average Bonchev–Trinajstić information content (AvgIpc) is 1.57. The van der Waals surface area contributed by atoms with E-state index >= 15 is 0 Å². The molecule has 0 saturated carbocycles. The van der Waals surface area contributed by atoms with Gasteiger partial charge < -0.3 is 0 Å². The number of hydrogen-bond donors (Lipinski definition) is 0. The zero-order valence-electron chi connectivity index (χ0n) is 6.82. The second-order valence-corrected chi connectivity index (χ2v) is 15.6. The van der Waals surface area contributed by atoms with Crippen molar-refractivity contribution < 1.29 is 0 Å². The first kappa shape index (κ1) is 8.11. The van der Waals surface area contributed by atoms with Crippen molar-refractivity contribution in [1.82, 2.24) is 0 Å². The molecule has 0 spiro atoms. The fourth-order valence-electron chi connectivity index (χ4n) is 0.841. The molecule has 1 heterocycles. The normalized spacial score (nSPS) is 25.3. The van der Waals surface area contributed by atoms with E-state index < -0.39 is 8.07 Å². The van der Waals surface area contributed by atoms with Gasteiger partial charge >= 0.3 is 69.5 Å². The van der Waals surface area contributed by atoms with Crippen LogP contribution in [-0.2, 0) is 0 Å². The summed E-state index contributed by atoms with van der Waals surface area (Å²) in [5.74, 6) is 0. The number of hydrogen-bond acceptors (Lipinski definition) is 0. The molecule has 0 radical (unpaired) electrons. The molecule has 0 aromatic rings. The predicted octanol–water partition coefficient (Wildman–Crippen LogP) is 2.50. The third kappa shape index (κ3) is 1.36. The van der Waals surface area contributed by atoms with Gasteiger partial charge in [-0.15, -0.1) is 0 Å². The minimum absolute atomic E-state index is 0.549. The molecule has 1 aliphatic rings. The van der Waals surface area contributed by atoms with E-state index in [-0.39, 0.29) is 0 Å². The molecule has 0 aliphatic carbocycles. The van der Waals surface area contributed by atoms with Crippen LogP contribution in [0.5, 0.6) is 0 Å². The van der Waals surface area contributed by atoms with Crippen LogP contribution in [-0.4, -0.2) is 29.0 Å². The van der Waals surface area contributed by atoms with Gasteiger partial charge in [-0.2, -0.15) is 0 Å². The first-order valence-corrected chi connectivity index (χ1v) is 9.74. The molecule has 0 amide bonds. The van der Waals surface area contributed by atoms with E-state index in [1.807, 2.05) is 0 Å². The Morgan fingerprint density at radius 3 is 1.67 bits per heavy atom. The topological polar surface area (TPSA) is 0 Å². The molecule has 1 saturated heterocycles. The van der Waals surface area contributed by atoms with Crippen LogP contribution in [0.15, 0.2) is 0 Å². The molecule has 1 fully saturated rings. The van der Waals surface area contributed by atoms with Gasteiger partial charge in [-0.1, -0.05) is 0 Å². The van der Waals surface area contributed by atoms with Gasteiger partial charge in [0.15, 0.2) is 0 Å². The molecule has 1 rings (SSSR count). The van der Waals surface area contributed by atoms with Crippen LogP contribution < -0.4 is 0 Å². The van der Waals surface area contributed by atoms with Gasteiger partial charge in [0.05, 0.1) is 0 Å². The molecule has 0 bridgehead atoms. The summed E-state index contributed by atoms with van der Waals surface area (Å²) in [4.78, 5) is 0. The summed E-state index contributed by atoms with van der Waals surface area (Å²) >= 11 is 0.549. The number of rotatable bonds is 0. The third-order valence-corrected chi connectivity index (χ3v) is 22.4. The molecule has 0 unspecified atom stereocenters. The van der Waals surface area contributed by atoms with Crippen molar-refractivity contribution in [2.45, 2.75) is 40.5 Å². The van der Waals surface area contributed by atoms with Crippen molar-refractivity contribution >= 4 is 29.0 Å². The Bertz CT molecular complexity index is 111. The molecule has 9 heavy (non-hydrogen) atoms. The van der Waals surface area contributed by atoms with Crippen LogP contribution in [0, 0.1) is 0 Å². The zero-order chi connectivity index (χ0) is 7.12. The molecule has 0 nitrogen and oxygen atoms in total. The van der Waals surface area contributed by atoms with E-state index in [1.165, 1.54) is 0 Å². The molecule has 0 N–H and O–H groups in total. The summed E-state index contributed by atoms with van der Waals surface area (Å²) in [5.41, 5.74) is 0. The van der Waals surface area contributed by atoms with Gasteiger partial charge in [0.25, 0.3) is 0 Å². The molecule has 0 aromatic carbocycles. The molecule has 0 atom stereocenters. The molecule has 0 aromatic heterocycles. The Balaban J connectivity index is 2.59. The van der Waals surface area contributed by atoms with Gasteiger partial charge in [0.2, 0.25) is 0 Å². The summed E-state index contributed by atoms with van der Waals surface area (Å²) in [7, 11) is -0.641. The van der Waals surface area contributed by atoms with E-state index in [1.54, 1.807) is 8.18 Å². The van der Waals surface area contributed by atoms with E-state index in [4.69, 9.17) is 0 Å². The van der Waals surface area contributed by atoms with Crippen LogP contribution in [0.4, 0.5) is 0 Å². The molecular weight excluding hydrogens is 240 g/mol. The van der Waals surface area contributed by atoms with Crippen molar-refractivity contribution in [3.8, 4) is 0 Å². The summed E-state index contributed by atoms with van der Waals surface area (Å²) in [6.07, 6.45) is 0. The van der Waals surface area contributed by atoms with Crippen molar-refractivity contribution in [2.75, 3.05) is 0 Å². The Morgan fingerprint density at radius 1 is 1.22 bits per heavy atom. The maximum atomic E-state index is 2.58. The second-order valence-electron chi connectivity index (χ2n) is 4.30. The molecular formula is C7H16SiTe. The summed E-state index contributed by atoms with van der Waals surface area (Å²) in [6.45, 7) is 9.89. The maximum absolute atomic E-state index is 2.58. The van der Waals surface area contributed by atoms with Gasteiger partial charge in [0.1, 0.15) is 0 Å². The Hall–Kier alpha value is 1.01. The van der Waals surface area contributed by atoms with Gasteiger partial charge in [0, 0.05) is 0 Å². The first-order chi connectivity index (χ1) is 3.96. The molecule has 54 valence electrons. The van der Waals surface area contributed by atoms with Crippen LogP contribution in [0.25, 0.3) is 0 Å². The van der Waals surface area contributed by atoms with Gasteiger partial charge in [-0.25, -0.2) is 0 Å². The molecule has 2 heteroatoms. The Morgan fingerprint density at radius 2 is 1.67 bits per heavy atom. The van der Waals surface area contributed by atoms with E-state index in [2.05, 4.69) is 27.3 Å². The summed E-state index contributed by atoms with van der Waals surface area (Å²) in [5, 5.41) is 0.704. The zero-order valence-corrected chi connectivity index (χ0v) is 10.2. The third-order valence-electron chi connectivity index (χ3n) is 2.65. The summed E-state index contributed by atoms with van der Waals surface area (Å²) < 4.78 is 3.42. The van der Waals surface area contributed by atoms with Crippen molar-refractivity contribution in [3.63, 3.8) is 0 Å². The van der Waals surface area contributed by atoms with Crippen LogP contribution in [0.1, 0.15) is 20.8 Å². The van der Waals surface area contributed by atoms with E-state index in [9.17, 15) is 0 Å². The molecule has 1 aliphatic heterocycles. The van der Waals surface area contributed by atoms with Crippen LogP contribution in [0.2, 0.25) is 19.8 Å². The van der Waals surface area contributed by atoms with Gasteiger partial charge in [-0.3, -0.25) is 0 Å². The average molecular weight is 256 g/mol. The summed E-state index contributed by atoms with van der Waals surface area (Å²) in [6, 6.07) is 0. The van der Waals surface area contributed by atoms with E-state index in [0.29, 0.717) is 26.0 Å². The standard InChI is InChI=1S/C7H16SiTe/c1-7(2,3)8(4)5-9-6-8/h5-6H2,1-4H3. The Labute approximate surface area is 69.5 Å². The Kier molecular flexibility index (Phi) is 2.03. The first-order valence-electron chi connectivity index (χ1n) is 3.53. The van der Waals surface area contributed by atoms with Crippen molar-refractivity contribution in [3.05, 3.63) is 0 Å². The fraction of sp³-hybridized carbons (Fsp3) is 1.00. The van der Waals surface area contributed by atoms with Gasteiger partial charge in [-0.05, 0) is 0 Å². The minimum atomic E-state index is -0.641. The van der Waals surface area contributed by atoms with Crippen molar-refractivity contribution in [1.29, 1.82) is 0 Å². The van der Waals surface area contributed by atoms with Crippen LogP contribution in [0.3, 0.4) is 0 Å². The quantitative estimate of drug-likeness (QED) is 0.584.